The van der Waals surface area contributed by atoms with Crippen molar-refractivity contribution in [2.24, 2.45) is 0 Å². The average molecular weight is 195 g/mol. The maximum Gasteiger partial charge on any atom is 0.122 e. The van der Waals surface area contributed by atoms with Gasteiger partial charge in [0.05, 0.1) is 12.7 Å². The molecule has 0 aliphatic heterocycles. The lowest BCUT2D eigenvalue weighted by Crippen LogP contribution is -2.08. The number of anilines is 1. The molecule has 0 aliphatic rings. The number of ether oxygens (including phenoxy) is 1. The molecule has 0 aromatic heterocycles. The summed E-state index contributed by atoms with van der Waals surface area (Å²) in [5.74, 6) is 0.833. The van der Waals surface area contributed by atoms with Crippen molar-refractivity contribution in [3.63, 3.8) is 0 Å². The molecule has 0 saturated carbocycles. The molecule has 0 amide bonds. The van der Waals surface area contributed by atoms with Crippen molar-refractivity contribution in [2.45, 2.75) is 26.4 Å². The van der Waals surface area contributed by atoms with E-state index in [-0.39, 0.29) is 6.10 Å². The first-order chi connectivity index (χ1) is 6.59. The predicted octanol–water partition coefficient (Wildman–Crippen LogP) is 1.73. The summed E-state index contributed by atoms with van der Waals surface area (Å²) >= 11 is 0. The van der Waals surface area contributed by atoms with E-state index in [4.69, 9.17) is 15.6 Å². The fourth-order valence-electron chi connectivity index (χ4n) is 1.17. The number of hydrogen-bond donors (Lipinski definition) is 2. The van der Waals surface area contributed by atoms with E-state index < -0.39 is 0 Å². The summed E-state index contributed by atoms with van der Waals surface area (Å²) in [6.45, 7) is 4.23. The second-order valence-corrected chi connectivity index (χ2v) is 3.51. The van der Waals surface area contributed by atoms with Crippen LogP contribution in [-0.2, 0) is 0 Å². The lowest BCUT2D eigenvalue weighted by molar-refractivity contribution is 0.155. The molecule has 3 heteroatoms. The Morgan fingerprint density at radius 2 is 2.21 bits per heavy atom. The molecule has 14 heavy (non-hydrogen) atoms. The third kappa shape index (κ3) is 3.26. The number of rotatable bonds is 4. The molecule has 1 atom stereocenters. The van der Waals surface area contributed by atoms with E-state index in [0.29, 0.717) is 13.0 Å². The molecular formula is C11H17NO2. The van der Waals surface area contributed by atoms with Gasteiger partial charge in [-0.25, -0.2) is 0 Å². The number of aliphatic hydroxyl groups is 1. The molecule has 0 fully saturated rings. The number of nitrogen functional groups attached to an aromatic ring is 1. The van der Waals surface area contributed by atoms with Crippen LogP contribution in [0.15, 0.2) is 18.2 Å². The summed E-state index contributed by atoms with van der Waals surface area (Å²) in [4.78, 5) is 0. The largest absolute Gasteiger partial charge is 0.493 e. The van der Waals surface area contributed by atoms with Crippen LogP contribution in [0.25, 0.3) is 0 Å². The van der Waals surface area contributed by atoms with E-state index in [1.165, 1.54) is 0 Å². The summed E-state index contributed by atoms with van der Waals surface area (Å²) in [5.41, 5.74) is 7.37. The van der Waals surface area contributed by atoms with Gasteiger partial charge in [-0.05, 0) is 37.6 Å². The van der Waals surface area contributed by atoms with E-state index in [2.05, 4.69) is 0 Å². The van der Waals surface area contributed by atoms with Crippen molar-refractivity contribution in [1.82, 2.24) is 0 Å². The maximum atomic E-state index is 9.04. The monoisotopic (exact) mass is 195 g/mol. The first-order valence-corrected chi connectivity index (χ1v) is 4.76. The molecule has 0 aliphatic carbocycles. The predicted molar refractivity (Wildman–Crippen MR) is 57.4 cm³/mol. The third-order valence-electron chi connectivity index (χ3n) is 1.99. The van der Waals surface area contributed by atoms with Crippen LogP contribution in [0.1, 0.15) is 18.9 Å². The van der Waals surface area contributed by atoms with Crippen LogP contribution in [0.4, 0.5) is 5.69 Å². The van der Waals surface area contributed by atoms with Gasteiger partial charge in [0.15, 0.2) is 0 Å². The molecule has 1 aromatic carbocycles. The van der Waals surface area contributed by atoms with Gasteiger partial charge < -0.3 is 15.6 Å². The molecule has 0 bridgehead atoms. The highest BCUT2D eigenvalue weighted by Crippen LogP contribution is 2.20. The van der Waals surface area contributed by atoms with Gasteiger partial charge in [0.2, 0.25) is 0 Å². The highest BCUT2D eigenvalue weighted by atomic mass is 16.5. The minimum Gasteiger partial charge on any atom is -0.493 e. The van der Waals surface area contributed by atoms with Gasteiger partial charge in [-0.1, -0.05) is 0 Å². The standard InChI is InChI=1S/C11H17NO2/c1-8-7-10(12)3-4-11(8)14-6-5-9(2)13/h3-4,7,9,13H,5-6,12H2,1-2H3. The van der Waals surface area contributed by atoms with Gasteiger partial charge in [0, 0.05) is 12.1 Å². The number of aliphatic hydroxyl groups excluding tert-OH is 1. The van der Waals surface area contributed by atoms with E-state index >= 15 is 0 Å². The molecule has 0 saturated heterocycles. The van der Waals surface area contributed by atoms with Crippen LogP contribution in [0, 0.1) is 6.92 Å². The van der Waals surface area contributed by atoms with Crippen LogP contribution in [0.2, 0.25) is 0 Å². The van der Waals surface area contributed by atoms with Crippen molar-refractivity contribution in [2.75, 3.05) is 12.3 Å². The van der Waals surface area contributed by atoms with E-state index in [1.807, 2.05) is 25.1 Å². The van der Waals surface area contributed by atoms with Crippen molar-refractivity contribution in [3.8, 4) is 5.75 Å². The Morgan fingerprint density at radius 1 is 1.50 bits per heavy atom. The first-order valence-electron chi connectivity index (χ1n) is 4.76. The van der Waals surface area contributed by atoms with Crippen LogP contribution in [-0.4, -0.2) is 17.8 Å². The summed E-state index contributed by atoms with van der Waals surface area (Å²) in [6.07, 6.45) is 0.327. The molecule has 3 nitrogen and oxygen atoms in total. The topological polar surface area (TPSA) is 55.5 Å². The van der Waals surface area contributed by atoms with Crippen molar-refractivity contribution in [1.29, 1.82) is 0 Å². The van der Waals surface area contributed by atoms with Gasteiger partial charge in [-0.15, -0.1) is 0 Å². The molecular weight excluding hydrogens is 178 g/mol. The Labute approximate surface area is 84.5 Å². The van der Waals surface area contributed by atoms with Gasteiger partial charge in [0.25, 0.3) is 0 Å². The van der Waals surface area contributed by atoms with Crippen LogP contribution in [0.3, 0.4) is 0 Å². The quantitative estimate of drug-likeness (QED) is 0.719. The molecule has 0 spiro atoms. The number of benzene rings is 1. The van der Waals surface area contributed by atoms with Gasteiger partial charge >= 0.3 is 0 Å². The third-order valence-corrected chi connectivity index (χ3v) is 1.99. The Morgan fingerprint density at radius 3 is 2.79 bits per heavy atom. The summed E-state index contributed by atoms with van der Waals surface area (Å²) in [6, 6.07) is 5.54. The molecule has 1 aromatic rings. The zero-order valence-electron chi connectivity index (χ0n) is 8.66. The molecule has 78 valence electrons. The van der Waals surface area contributed by atoms with Crippen LogP contribution in [0.5, 0.6) is 5.75 Å². The Balaban J connectivity index is 2.51. The van der Waals surface area contributed by atoms with E-state index in [0.717, 1.165) is 17.0 Å². The normalized spacial score (nSPS) is 12.5. The van der Waals surface area contributed by atoms with Crippen molar-refractivity contribution < 1.29 is 9.84 Å². The molecule has 0 heterocycles. The van der Waals surface area contributed by atoms with E-state index in [9.17, 15) is 0 Å². The van der Waals surface area contributed by atoms with Gasteiger partial charge in [-0.2, -0.15) is 0 Å². The second kappa shape index (κ2) is 4.86. The number of nitrogens with two attached hydrogens (primary N) is 1. The molecule has 0 radical (unpaired) electrons. The van der Waals surface area contributed by atoms with Crippen LogP contribution < -0.4 is 10.5 Å². The second-order valence-electron chi connectivity index (χ2n) is 3.51. The number of aryl methyl sites for hydroxylation is 1. The highest BCUT2D eigenvalue weighted by Gasteiger charge is 2.00. The minimum atomic E-state index is -0.316. The lowest BCUT2D eigenvalue weighted by atomic mass is 10.2. The highest BCUT2D eigenvalue weighted by molar-refractivity contribution is 5.47. The summed E-state index contributed by atoms with van der Waals surface area (Å²) < 4.78 is 5.49. The van der Waals surface area contributed by atoms with Crippen LogP contribution >= 0.6 is 0 Å². The van der Waals surface area contributed by atoms with Gasteiger partial charge in [-0.3, -0.25) is 0 Å². The smallest absolute Gasteiger partial charge is 0.122 e. The lowest BCUT2D eigenvalue weighted by Gasteiger charge is -2.10. The minimum absolute atomic E-state index is 0.316. The number of hydrogen-bond acceptors (Lipinski definition) is 3. The van der Waals surface area contributed by atoms with E-state index in [1.54, 1.807) is 6.92 Å². The molecule has 1 unspecified atom stereocenters. The zero-order chi connectivity index (χ0) is 10.6. The maximum absolute atomic E-state index is 9.04. The average Bonchev–Trinajstić information content (AvgIpc) is 2.08. The van der Waals surface area contributed by atoms with Crippen molar-refractivity contribution >= 4 is 5.69 Å². The molecule has 1 rings (SSSR count). The summed E-state index contributed by atoms with van der Waals surface area (Å²) in [7, 11) is 0. The SMILES string of the molecule is Cc1cc(N)ccc1OCCC(C)O. The van der Waals surface area contributed by atoms with Crippen molar-refractivity contribution in [3.05, 3.63) is 23.8 Å². The van der Waals surface area contributed by atoms with Gasteiger partial charge in [0.1, 0.15) is 5.75 Å². The Bertz CT molecular complexity index is 297. The Kier molecular flexibility index (Phi) is 3.77. The summed E-state index contributed by atoms with van der Waals surface area (Å²) in [5, 5.41) is 9.04. The molecule has 3 N–H and O–H groups in total. The zero-order valence-corrected chi connectivity index (χ0v) is 8.66. The first kappa shape index (κ1) is 10.9. The fraction of sp³-hybridized carbons (Fsp3) is 0.455. The Hall–Kier alpha value is -1.22. The fourth-order valence-corrected chi connectivity index (χ4v) is 1.17.